The smallest absolute Gasteiger partial charge is 0.415 e. The Morgan fingerprint density at radius 2 is 1.76 bits per heavy atom. The van der Waals surface area contributed by atoms with E-state index in [2.05, 4.69) is 0 Å². The van der Waals surface area contributed by atoms with E-state index in [0.717, 1.165) is 72.5 Å². The minimum absolute atomic E-state index is 0.0921. The summed E-state index contributed by atoms with van der Waals surface area (Å²) in [5.74, 6) is 1.03. The van der Waals surface area contributed by atoms with Crippen LogP contribution in [0.5, 0.6) is 5.75 Å². The van der Waals surface area contributed by atoms with Crippen molar-refractivity contribution in [3.05, 3.63) is 95.8 Å². The molecule has 3 aliphatic heterocycles. The standard InChI is InChI=1S/C31H36FN2O3/c1-24-7-5-8-28(21-24)33(22-25-11-13-27(32)14-12-25)31(35)37-30-23-34(18-15-26(30)16-19-34)17-6-20-36-29-9-3-2-4-10-29/h2-5,7-14,21,26,30H,6,15-20,22-23H2,1H3/q+1/t26?,30-,34?/m0/s1. The van der Waals surface area contributed by atoms with Gasteiger partial charge in [-0.2, -0.15) is 0 Å². The van der Waals surface area contributed by atoms with Crippen molar-refractivity contribution in [3.8, 4) is 5.75 Å². The van der Waals surface area contributed by atoms with Crippen molar-refractivity contribution in [1.29, 1.82) is 0 Å². The van der Waals surface area contributed by atoms with Crippen molar-refractivity contribution in [2.75, 3.05) is 37.7 Å². The topological polar surface area (TPSA) is 38.8 Å². The number of amides is 1. The molecular weight excluding hydrogens is 467 g/mol. The Labute approximate surface area is 219 Å². The molecule has 3 aromatic carbocycles. The molecule has 0 spiro atoms. The number of piperidine rings is 3. The number of halogens is 1. The minimum Gasteiger partial charge on any atom is -0.493 e. The monoisotopic (exact) mass is 503 g/mol. The van der Waals surface area contributed by atoms with Crippen molar-refractivity contribution in [2.24, 2.45) is 5.92 Å². The molecule has 0 unspecified atom stereocenters. The first-order chi connectivity index (χ1) is 18.0. The van der Waals surface area contributed by atoms with Gasteiger partial charge in [-0.1, -0.05) is 42.5 Å². The number of nitrogens with zero attached hydrogens (tertiary/aromatic N) is 2. The van der Waals surface area contributed by atoms with Gasteiger partial charge in [-0.15, -0.1) is 0 Å². The Morgan fingerprint density at radius 3 is 2.49 bits per heavy atom. The molecule has 0 saturated carbocycles. The Bertz CT molecular complexity index is 1180. The number of fused-ring (bicyclic) bond motifs is 3. The van der Waals surface area contributed by atoms with E-state index in [9.17, 15) is 9.18 Å². The van der Waals surface area contributed by atoms with E-state index in [1.165, 1.54) is 12.1 Å². The van der Waals surface area contributed by atoms with Crippen molar-refractivity contribution >= 4 is 11.8 Å². The van der Waals surface area contributed by atoms with Crippen LogP contribution in [0.15, 0.2) is 78.9 Å². The SMILES string of the molecule is Cc1cccc(N(Cc2ccc(F)cc2)C(=O)O[C@H]2C[N+]3(CCCOc4ccccc4)CCC2CC3)c1. The summed E-state index contributed by atoms with van der Waals surface area (Å²) < 4.78 is 26.6. The lowest BCUT2D eigenvalue weighted by molar-refractivity contribution is -0.946. The molecule has 6 rings (SSSR count). The fourth-order valence-electron chi connectivity index (χ4n) is 5.80. The third-order valence-corrected chi connectivity index (χ3v) is 7.87. The van der Waals surface area contributed by atoms with Crippen LogP contribution < -0.4 is 9.64 Å². The summed E-state index contributed by atoms with van der Waals surface area (Å²) in [6.45, 7) is 7.20. The highest BCUT2D eigenvalue weighted by molar-refractivity contribution is 5.87. The van der Waals surface area contributed by atoms with E-state index in [0.29, 0.717) is 19.1 Å². The Morgan fingerprint density at radius 1 is 1.00 bits per heavy atom. The normalized spacial score (nSPS) is 22.4. The number of anilines is 1. The van der Waals surface area contributed by atoms with Crippen molar-refractivity contribution in [2.45, 2.75) is 38.8 Å². The number of hydrogen-bond acceptors (Lipinski definition) is 3. The molecule has 6 heteroatoms. The second kappa shape index (κ2) is 11.3. The Kier molecular flexibility index (Phi) is 7.75. The van der Waals surface area contributed by atoms with Gasteiger partial charge in [0.2, 0.25) is 0 Å². The van der Waals surface area contributed by atoms with Crippen LogP contribution >= 0.6 is 0 Å². The molecule has 194 valence electrons. The van der Waals surface area contributed by atoms with Gasteiger partial charge in [0.05, 0.1) is 32.8 Å². The molecular formula is C31H36FN2O3+. The fourth-order valence-corrected chi connectivity index (χ4v) is 5.80. The summed E-state index contributed by atoms with van der Waals surface area (Å²) in [6.07, 6.45) is 2.71. The van der Waals surface area contributed by atoms with Gasteiger partial charge in [-0.3, -0.25) is 4.90 Å². The van der Waals surface area contributed by atoms with Crippen molar-refractivity contribution in [3.63, 3.8) is 0 Å². The second-order valence-electron chi connectivity index (χ2n) is 10.5. The molecule has 3 aromatic rings. The predicted octanol–water partition coefficient (Wildman–Crippen LogP) is 6.36. The number of aryl methyl sites for hydroxylation is 1. The molecule has 0 aromatic heterocycles. The quantitative estimate of drug-likeness (QED) is 0.252. The van der Waals surface area contributed by atoms with Gasteiger partial charge in [-0.05, 0) is 54.4 Å². The molecule has 37 heavy (non-hydrogen) atoms. The first-order valence-corrected chi connectivity index (χ1v) is 13.3. The van der Waals surface area contributed by atoms with Crippen LogP contribution in [0.25, 0.3) is 0 Å². The maximum atomic E-state index is 13.6. The zero-order valence-corrected chi connectivity index (χ0v) is 21.5. The van der Waals surface area contributed by atoms with Gasteiger partial charge in [0, 0.05) is 30.9 Å². The largest absolute Gasteiger partial charge is 0.493 e. The number of hydrogen-bond donors (Lipinski definition) is 0. The van der Waals surface area contributed by atoms with Crippen LogP contribution in [0.3, 0.4) is 0 Å². The molecule has 0 aliphatic carbocycles. The highest BCUT2D eigenvalue weighted by Crippen LogP contribution is 2.36. The third kappa shape index (κ3) is 6.31. The van der Waals surface area contributed by atoms with Gasteiger partial charge >= 0.3 is 6.09 Å². The number of rotatable bonds is 9. The Hall–Kier alpha value is -3.38. The average molecular weight is 504 g/mol. The highest BCUT2D eigenvalue weighted by atomic mass is 19.1. The predicted molar refractivity (Wildman–Crippen MR) is 143 cm³/mol. The zero-order valence-electron chi connectivity index (χ0n) is 21.5. The van der Waals surface area contributed by atoms with Gasteiger partial charge in [-0.25, -0.2) is 9.18 Å². The first kappa shape index (κ1) is 25.3. The fraction of sp³-hybridized carbons (Fsp3) is 0.387. The van der Waals surface area contributed by atoms with Crippen molar-refractivity contribution in [1.82, 2.24) is 0 Å². The number of carbonyl (C=O) groups excluding carboxylic acids is 1. The highest BCUT2D eigenvalue weighted by Gasteiger charge is 2.47. The molecule has 5 nitrogen and oxygen atoms in total. The van der Waals surface area contributed by atoms with Crippen LogP contribution in [0.4, 0.5) is 14.9 Å². The molecule has 1 amide bonds. The van der Waals surface area contributed by atoms with Crippen LogP contribution in [-0.2, 0) is 11.3 Å². The average Bonchev–Trinajstić information content (AvgIpc) is 2.92. The molecule has 0 radical (unpaired) electrons. The lowest BCUT2D eigenvalue weighted by atomic mass is 9.83. The van der Waals surface area contributed by atoms with Crippen LogP contribution in [0, 0.1) is 18.7 Å². The summed E-state index contributed by atoms with van der Waals surface area (Å²) in [6, 6.07) is 24.1. The van der Waals surface area contributed by atoms with Gasteiger partial charge < -0.3 is 14.0 Å². The van der Waals surface area contributed by atoms with Crippen LogP contribution in [0.1, 0.15) is 30.4 Å². The van der Waals surface area contributed by atoms with Gasteiger partial charge in [0.1, 0.15) is 18.1 Å². The summed E-state index contributed by atoms with van der Waals surface area (Å²) in [7, 11) is 0. The number of ether oxygens (including phenoxy) is 2. The zero-order chi connectivity index (χ0) is 25.7. The molecule has 3 saturated heterocycles. The summed E-state index contributed by atoms with van der Waals surface area (Å²) in [5, 5.41) is 0. The number of quaternary nitrogens is 1. The second-order valence-corrected chi connectivity index (χ2v) is 10.5. The maximum Gasteiger partial charge on any atom is 0.415 e. The number of benzene rings is 3. The minimum atomic E-state index is -0.334. The molecule has 3 fully saturated rings. The maximum absolute atomic E-state index is 13.6. The molecule has 2 bridgehead atoms. The lowest BCUT2D eigenvalue weighted by Gasteiger charge is -2.52. The summed E-state index contributed by atoms with van der Waals surface area (Å²) in [4.78, 5) is 15.3. The molecule has 1 atom stereocenters. The third-order valence-electron chi connectivity index (χ3n) is 7.87. The summed E-state index contributed by atoms with van der Waals surface area (Å²) in [5.41, 5.74) is 2.72. The van der Waals surface area contributed by atoms with E-state index < -0.39 is 0 Å². The summed E-state index contributed by atoms with van der Waals surface area (Å²) >= 11 is 0. The van der Waals surface area contributed by atoms with Crippen LogP contribution in [0.2, 0.25) is 0 Å². The van der Waals surface area contributed by atoms with E-state index >= 15 is 0 Å². The van der Waals surface area contributed by atoms with Gasteiger partial charge in [0.15, 0.2) is 6.10 Å². The van der Waals surface area contributed by atoms with Crippen LogP contribution in [-0.4, -0.2) is 49.5 Å². The molecule has 3 aliphatic rings. The Balaban J connectivity index is 1.24. The first-order valence-electron chi connectivity index (χ1n) is 13.3. The van der Waals surface area contributed by atoms with E-state index in [1.54, 1.807) is 17.0 Å². The molecule has 0 N–H and O–H groups in total. The van der Waals surface area contributed by atoms with Gasteiger partial charge in [0.25, 0.3) is 0 Å². The van der Waals surface area contributed by atoms with E-state index in [1.807, 2.05) is 61.5 Å². The number of carbonyl (C=O) groups is 1. The van der Waals surface area contributed by atoms with E-state index in [4.69, 9.17) is 9.47 Å². The number of para-hydroxylation sites is 1. The lowest BCUT2D eigenvalue weighted by Crippen LogP contribution is -2.65. The van der Waals surface area contributed by atoms with Crippen molar-refractivity contribution < 1.29 is 23.1 Å². The molecule has 3 heterocycles. The van der Waals surface area contributed by atoms with E-state index in [-0.39, 0.29) is 18.0 Å².